The third-order valence-electron chi connectivity index (χ3n) is 3.59. The van der Waals surface area contributed by atoms with Crippen LogP contribution in [0.1, 0.15) is 40.1 Å². The van der Waals surface area contributed by atoms with Gasteiger partial charge in [0.15, 0.2) is 0 Å². The van der Waals surface area contributed by atoms with Crippen molar-refractivity contribution in [2.75, 3.05) is 18.5 Å². The molecule has 0 amide bonds. The zero-order valence-corrected chi connectivity index (χ0v) is 16.1. The third kappa shape index (κ3) is 4.82. The number of esters is 1. The monoisotopic (exact) mass is 410 g/mol. The summed E-state index contributed by atoms with van der Waals surface area (Å²) in [5.41, 5.74) is 3.48. The summed E-state index contributed by atoms with van der Waals surface area (Å²) in [6.07, 6.45) is -0.296. The average molecular weight is 412 g/mol. The second-order valence-electron chi connectivity index (χ2n) is 5.29. The summed E-state index contributed by atoms with van der Waals surface area (Å²) >= 11 is 9.56. The number of carbonyl (C=O) groups is 1. The maximum atomic E-state index is 12.0. The van der Waals surface area contributed by atoms with Gasteiger partial charge in [0.2, 0.25) is 0 Å². The minimum Gasteiger partial charge on any atom is -0.462 e. The van der Waals surface area contributed by atoms with Gasteiger partial charge in [-0.3, -0.25) is 0 Å². The Bertz CT molecular complexity index is 703. The molecule has 0 spiro atoms. The molecule has 2 aromatic carbocycles. The van der Waals surface area contributed by atoms with Crippen LogP contribution in [0.5, 0.6) is 0 Å². The van der Waals surface area contributed by atoms with E-state index in [0.29, 0.717) is 23.8 Å². The Morgan fingerprint density at radius 3 is 2.75 bits per heavy atom. The van der Waals surface area contributed by atoms with Crippen LogP contribution in [-0.4, -0.2) is 24.5 Å². The Kier molecular flexibility index (Phi) is 7.28. The third-order valence-corrected chi connectivity index (χ3v) is 4.14. The van der Waals surface area contributed by atoms with Crippen molar-refractivity contribution in [3.05, 3.63) is 69.7 Å². The van der Waals surface area contributed by atoms with E-state index in [4.69, 9.17) is 21.1 Å². The molecule has 0 aliphatic heterocycles. The molecule has 0 saturated carbocycles. The molecule has 0 aromatic heterocycles. The summed E-state index contributed by atoms with van der Waals surface area (Å²) in [6, 6.07) is 13.1. The van der Waals surface area contributed by atoms with Crippen molar-refractivity contribution in [1.29, 1.82) is 0 Å². The molecule has 128 valence electrons. The molecule has 3 nitrogen and oxygen atoms in total. The van der Waals surface area contributed by atoms with Crippen LogP contribution in [0, 0.1) is 6.92 Å². The van der Waals surface area contributed by atoms with Crippen LogP contribution in [0.4, 0.5) is 0 Å². The van der Waals surface area contributed by atoms with E-state index < -0.39 is 0 Å². The van der Waals surface area contributed by atoms with Crippen molar-refractivity contribution in [2.45, 2.75) is 20.0 Å². The van der Waals surface area contributed by atoms with Crippen molar-refractivity contribution in [2.24, 2.45) is 0 Å². The highest BCUT2D eigenvalue weighted by Gasteiger charge is 2.19. The first-order chi connectivity index (χ1) is 11.6. The molecule has 0 fully saturated rings. The van der Waals surface area contributed by atoms with E-state index in [2.05, 4.69) is 15.9 Å². The minimum absolute atomic E-state index is 0.296. The fourth-order valence-electron chi connectivity index (χ4n) is 2.46. The maximum Gasteiger partial charge on any atom is 0.338 e. The summed E-state index contributed by atoms with van der Waals surface area (Å²) in [7, 11) is 0. The van der Waals surface area contributed by atoms with Crippen molar-refractivity contribution < 1.29 is 14.3 Å². The standard InChI is InChI=1S/C19H20BrClO3/c1-3-23-19(22)15-6-4-5-14(11-15)18(24-10-9-20)17-12-16(21)8-7-13(17)2/h4-8,11-12,18H,3,9-10H2,1-2H3. The van der Waals surface area contributed by atoms with Gasteiger partial charge in [-0.1, -0.05) is 45.7 Å². The second-order valence-corrected chi connectivity index (χ2v) is 6.52. The van der Waals surface area contributed by atoms with E-state index >= 15 is 0 Å². The first-order valence-electron chi connectivity index (χ1n) is 7.77. The number of benzene rings is 2. The molecule has 0 radical (unpaired) electrons. The Labute approximate surface area is 156 Å². The largest absolute Gasteiger partial charge is 0.462 e. The lowest BCUT2D eigenvalue weighted by atomic mass is 9.96. The molecule has 5 heteroatoms. The van der Waals surface area contributed by atoms with E-state index in [-0.39, 0.29) is 12.1 Å². The molecule has 0 saturated heterocycles. The van der Waals surface area contributed by atoms with Gasteiger partial charge in [0.1, 0.15) is 6.10 Å². The number of ether oxygens (including phenoxy) is 2. The van der Waals surface area contributed by atoms with Crippen molar-refractivity contribution >= 4 is 33.5 Å². The Morgan fingerprint density at radius 1 is 1.25 bits per heavy atom. The summed E-state index contributed by atoms with van der Waals surface area (Å²) in [6.45, 7) is 4.70. The predicted molar refractivity (Wildman–Crippen MR) is 100 cm³/mol. The Morgan fingerprint density at radius 2 is 2.04 bits per heavy atom. The highest BCUT2D eigenvalue weighted by molar-refractivity contribution is 9.09. The van der Waals surface area contributed by atoms with Crippen molar-refractivity contribution in [3.63, 3.8) is 0 Å². The van der Waals surface area contributed by atoms with Crippen LogP contribution in [0.3, 0.4) is 0 Å². The molecule has 24 heavy (non-hydrogen) atoms. The fourth-order valence-corrected chi connectivity index (χ4v) is 2.83. The summed E-state index contributed by atoms with van der Waals surface area (Å²) in [4.78, 5) is 12.0. The van der Waals surface area contributed by atoms with Gasteiger partial charge >= 0.3 is 5.97 Å². The van der Waals surface area contributed by atoms with Gasteiger partial charge in [-0.15, -0.1) is 0 Å². The molecular formula is C19H20BrClO3. The van der Waals surface area contributed by atoms with Gasteiger partial charge in [-0.05, 0) is 54.8 Å². The first kappa shape index (κ1) is 19.0. The predicted octanol–water partition coefficient (Wildman–Crippen LogP) is 5.33. The van der Waals surface area contributed by atoms with Gasteiger partial charge in [-0.25, -0.2) is 4.79 Å². The van der Waals surface area contributed by atoms with E-state index in [0.717, 1.165) is 22.0 Å². The summed E-state index contributed by atoms with van der Waals surface area (Å²) < 4.78 is 11.1. The zero-order valence-electron chi connectivity index (χ0n) is 13.7. The van der Waals surface area contributed by atoms with Gasteiger partial charge in [-0.2, -0.15) is 0 Å². The van der Waals surface area contributed by atoms with Crippen molar-refractivity contribution in [1.82, 2.24) is 0 Å². The lowest BCUT2D eigenvalue weighted by Crippen LogP contribution is -2.11. The summed E-state index contributed by atoms with van der Waals surface area (Å²) in [5.74, 6) is -0.332. The van der Waals surface area contributed by atoms with E-state index in [1.807, 2.05) is 43.3 Å². The van der Waals surface area contributed by atoms with Crippen LogP contribution in [0.25, 0.3) is 0 Å². The lowest BCUT2D eigenvalue weighted by molar-refractivity contribution is 0.0525. The van der Waals surface area contributed by atoms with Gasteiger partial charge < -0.3 is 9.47 Å². The highest BCUT2D eigenvalue weighted by atomic mass is 79.9. The maximum absolute atomic E-state index is 12.0. The van der Waals surface area contributed by atoms with Crippen LogP contribution in [0.15, 0.2) is 42.5 Å². The number of aryl methyl sites for hydroxylation is 1. The number of carbonyl (C=O) groups excluding carboxylic acids is 1. The molecule has 1 atom stereocenters. The fraction of sp³-hybridized carbons (Fsp3) is 0.316. The van der Waals surface area contributed by atoms with Crippen LogP contribution in [0.2, 0.25) is 5.02 Å². The topological polar surface area (TPSA) is 35.5 Å². The smallest absolute Gasteiger partial charge is 0.338 e. The molecule has 0 N–H and O–H groups in total. The molecule has 0 aliphatic carbocycles. The van der Waals surface area contributed by atoms with Crippen LogP contribution in [-0.2, 0) is 9.47 Å². The van der Waals surface area contributed by atoms with Crippen molar-refractivity contribution in [3.8, 4) is 0 Å². The molecule has 0 heterocycles. The number of rotatable bonds is 7. The van der Waals surface area contributed by atoms with E-state index in [9.17, 15) is 4.79 Å². The first-order valence-corrected chi connectivity index (χ1v) is 9.27. The number of hydrogen-bond acceptors (Lipinski definition) is 3. The van der Waals surface area contributed by atoms with Gasteiger partial charge in [0.05, 0.1) is 18.8 Å². The summed E-state index contributed by atoms with van der Waals surface area (Å²) in [5, 5.41) is 1.38. The minimum atomic E-state index is -0.332. The van der Waals surface area contributed by atoms with Crippen LogP contribution < -0.4 is 0 Å². The highest BCUT2D eigenvalue weighted by Crippen LogP contribution is 2.31. The zero-order chi connectivity index (χ0) is 17.5. The molecule has 2 aromatic rings. The van der Waals surface area contributed by atoms with Gasteiger partial charge in [0.25, 0.3) is 0 Å². The number of halogens is 2. The Balaban J connectivity index is 2.43. The van der Waals surface area contributed by atoms with Crippen LogP contribution >= 0.6 is 27.5 Å². The normalized spacial score (nSPS) is 12.0. The molecular weight excluding hydrogens is 392 g/mol. The number of alkyl halides is 1. The SMILES string of the molecule is CCOC(=O)c1cccc(C(OCCBr)c2cc(Cl)ccc2C)c1. The molecule has 1 unspecified atom stereocenters. The lowest BCUT2D eigenvalue weighted by Gasteiger charge is -2.21. The van der Waals surface area contributed by atoms with E-state index in [1.165, 1.54) is 0 Å². The second kappa shape index (κ2) is 9.21. The quantitative estimate of drug-likeness (QED) is 0.456. The molecule has 0 bridgehead atoms. The Hall–Kier alpha value is -1.36. The molecule has 2 rings (SSSR count). The van der Waals surface area contributed by atoms with E-state index in [1.54, 1.807) is 13.0 Å². The van der Waals surface area contributed by atoms with Gasteiger partial charge in [0, 0.05) is 10.4 Å². The number of hydrogen-bond donors (Lipinski definition) is 0. The average Bonchev–Trinajstić information content (AvgIpc) is 2.58. The molecule has 0 aliphatic rings.